The topological polar surface area (TPSA) is 75.6 Å². The number of likely N-dealkylation sites (tertiary alicyclic amines) is 1. The van der Waals surface area contributed by atoms with E-state index >= 15 is 0 Å². The van der Waals surface area contributed by atoms with Crippen LogP contribution in [0.25, 0.3) is 10.6 Å². The minimum absolute atomic E-state index is 0.0657. The number of ketones is 1. The summed E-state index contributed by atoms with van der Waals surface area (Å²) in [7, 11) is 2.08. The van der Waals surface area contributed by atoms with Crippen molar-refractivity contribution in [2.75, 3.05) is 20.1 Å². The predicted octanol–water partition coefficient (Wildman–Crippen LogP) is 3.85. The zero-order valence-corrected chi connectivity index (χ0v) is 18.2. The van der Waals surface area contributed by atoms with Crippen LogP contribution in [-0.2, 0) is 11.3 Å². The number of carbonyl (C=O) groups excluding carboxylic acids is 2. The molecule has 0 aromatic carbocycles. The number of thiophene rings is 1. The minimum Gasteiger partial charge on any atom is -0.447 e. The lowest BCUT2D eigenvalue weighted by Gasteiger charge is -2.36. The number of hydrogen-bond acceptors (Lipinski definition) is 7. The summed E-state index contributed by atoms with van der Waals surface area (Å²) in [5.41, 5.74) is 1.69. The Morgan fingerprint density at radius 1 is 1.24 bits per heavy atom. The van der Waals surface area contributed by atoms with Gasteiger partial charge in [0.05, 0.1) is 39.6 Å². The molecule has 1 amide bonds. The number of aromatic nitrogens is 2. The zero-order chi connectivity index (χ0) is 21.0. The fourth-order valence-corrected chi connectivity index (χ4v) is 4.24. The van der Waals surface area contributed by atoms with Crippen LogP contribution in [-0.4, -0.2) is 63.9 Å². The highest BCUT2D eigenvalue weighted by atomic mass is 32.1. The molecule has 0 spiro atoms. The van der Waals surface area contributed by atoms with Crippen LogP contribution in [0.2, 0.25) is 0 Å². The Balaban J connectivity index is 1.52. The molecule has 0 bridgehead atoms. The lowest BCUT2D eigenvalue weighted by Crippen LogP contribution is -2.46. The van der Waals surface area contributed by atoms with Crippen LogP contribution >= 0.6 is 11.3 Å². The Labute approximate surface area is 175 Å². The number of amides is 1. The summed E-state index contributed by atoms with van der Waals surface area (Å²) >= 11 is 1.44. The van der Waals surface area contributed by atoms with Crippen LogP contribution < -0.4 is 0 Å². The van der Waals surface area contributed by atoms with Crippen molar-refractivity contribution in [3.63, 3.8) is 0 Å². The van der Waals surface area contributed by atoms with Crippen LogP contribution in [0.5, 0.6) is 0 Å². The maximum Gasteiger partial charge on any atom is 0.410 e. The molecule has 29 heavy (non-hydrogen) atoms. The first-order valence-corrected chi connectivity index (χ1v) is 10.7. The lowest BCUT2D eigenvalue weighted by atomic mass is 10.0. The highest BCUT2D eigenvalue weighted by molar-refractivity contribution is 7.17. The van der Waals surface area contributed by atoms with Gasteiger partial charge in [0.1, 0.15) is 0 Å². The van der Waals surface area contributed by atoms with Crippen molar-refractivity contribution >= 4 is 23.2 Å². The first kappa shape index (κ1) is 21.4. The molecule has 0 unspecified atom stereocenters. The van der Waals surface area contributed by atoms with Gasteiger partial charge in [0.15, 0.2) is 5.78 Å². The van der Waals surface area contributed by atoms with Gasteiger partial charge in [-0.3, -0.25) is 19.7 Å². The van der Waals surface area contributed by atoms with Gasteiger partial charge in [0, 0.05) is 25.7 Å². The normalized spacial score (nSPS) is 15.2. The molecule has 1 aliphatic heterocycles. The average Bonchev–Trinajstić information content (AvgIpc) is 3.19. The maximum atomic E-state index is 12.0. The summed E-state index contributed by atoms with van der Waals surface area (Å²) in [6, 6.07) is 4.14. The van der Waals surface area contributed by atoms with Crippen LogP contribution in [0.3, 0.4) is 0 Å². The van der Waals surface area contributed by atoms with Crippen molar-refractivity contribution in [3.05, 3.63) is 35.1 Å². The molecule has 7 nitrogen and oxygen atoms in total. The monoisotopic (exact) mass is 416 g/mol. The van der Waals surface area contributed by atoms with Crippen molar-refractivity contribution in [1.82, 2.24) is 19.8 Å². The molecule has 3 heterocycles. The van der Waals surface area contributed by atoms with Crippen LogP contribution in [0.15, 0.2) is 24.5 Å². The van der Waals surface area contributed by atoms with Gasteiger partial charge in [-0.1, -0.05) is 0 Å². The lowest BCUT2D eigenvalue weighted by molar-refractivity contribution is 0.0575. The van der Waals surface area contributed by atoms with Crippen LogP contribution in [0, 0.1) is 0 Å². The van der Waals surface area contributed by atoms with Crippen molar-refractivity contribution in [1.29, 1.82) is 0 Å². The molecule has 3 rings (SSSR count). The standard InChI is InChI=1S/C21H28N4O3S/c1-14(2)28-21(27)25-9-7-17(8-10-25)24(4)13-16-11-23-18(12-22-16)20-6-5-19(29-20)15(3)26/h5-6,11-12,14,17H,7-10,13H2,1-4H3. The number of rotatable bonds is 6. The number of carbonyl (C=O) groups is 2. The quantitative estimate of drug-likeness (QED) is 0.666. The number of nitrogens with zero attached hydrogens (tertiary/aromatic N) is 4. The second kappa shape index (κ2) is 9.45. The van der Waals surface area contributed by atoms with Crippen molar-refractivity contribution in [2.45, 2.75) is 52.3 Å². The molecule has 1 aliphatic rings. The van der Waals surface area contributed by atoms with E-state index in [1.165, 1.54) is 11.3 Å². The van der Waals surface area contributed by atoms with Gasteiger partial charge in [-0.15, -0.1) is 11.3 Å². The van der Waals surface area contributed by atoms with Gasteiger partial charge in [-0.2, -0.15) is 0 Å². The Bertz CT molecular complexity index is 842. The molecule has 8 heteroatoms. The fourth-order valence-electron chi connectivity index (χ4n) is 3.38. The summed E-state index contributed by atoms with van der Waals surface area (Å²) in [5.74, 6) is 0.0657. The molecule has 156 valence electrons. The van der Waals surface area contributed by atoms with E-state index in [2.05, 4.69) is 21.9 Å². The van der Waals surface area contributed by atoms with Crippen LogP contribution in [0.1, 0.15) is 49.0 Å². The van der Waals surface area contributed by atoms with Crippen molar-refractivity contribution in [2.24, 2.45) is 0 Å². The Morgan fingerprint density at radius 2 is 1.97 bits per heavy atom. The molecule has 0 saturated carbocycles. The van der Waals surface area contributed by atoms with E-state index in [1.807, 2.05) is 26.0 Å². The highest BCUT2D eigenvalue weighted by Gasteiger charge is 2.26. The summed E-state index contributed by atoms with van der Waals surface area (Å²) in [4.78, 5) is 38.3. The van der Waals surface area contributed by atoms with Gasteiger partial charge in [0.2, 0.25) is 0 Å². The number of hydrogen-bond donors (Lipinski definition) is 0. The number of Topliss-reactive ketones (excluding diaryl/α,β-unsaturated/α-hetero) is 1. The third-order valence-electron chi connectivity index (χ3n) is 5.00. The van der Waals surface area contributed by atoms with E-state index in [-0.39, 0.29) is 18.0 Å². The smallest absolute Gasteiger partial charge is 0.410 e. The second-order valence-corrected chi connectivity index (χ2v) is 8.76. The van der Waals surface area contributed by atoms with Gasteiger partial charge in [-0.25, -0.2) is 4.79 Å². The van der Waals surface area contributed by atoms with E-state index in [4.69, 9.17) is 4.74 Å². The van der Waals surface area contributed by atoms with E-state index in [0.717, 1.165) is 34.0 Å². The van der Waals surface area contributed by atoms with Gasteiger partial charge in [0.25, 0.3) is 0 Å². The molecular weight excluding hydrogens is 388 g/mol. The summed E-state index contributed by atoms with van der Waals surface area (Å²) in [6.07, 6.45) is 5.09. The van der Waals surface area contributed by atoms with Crippen molar-refractivity contribution in [3.8, 4) is 10.6 Å². The average molecular weight is 417 g/mol. The van der Waals surface area contributed by atoms with Gasteiger partial charge < -0.3 is 9.64 Å². The van der Waals surface area contributed by atoms with E-state index < -0.39 is 0 Å². The molecule has 1 saturated heterocycles. The first-order valence-electron chi connectivity index (χ1n) is 9.91. The Morgan fingerprint density at radius 3 is 2.52 bits per heavy atom. The molecular formula is C21H28N4O3S. The summed E-state index contributed by atoms with van der Waals surface area (Å²) < 4.78 is 5.28. The molecule has 1 fully saturated rings. The summed E-state index contributed by atoms with van der Waals surface area (Å²) in [5, 5.41) is 0. The van der Waals surface area contributed by atoms with E-state index in [0.29, 0.717) is 25.7 Å². The third-order valence-corrected chi connectivity index (χ3v) is 6.21. The molecule has 0 radical (unpaired) electrons. The largest absolute Gasteiger partial charge is 0.447 e. The SMILES string of the molecule is CC(=O)c1ccc(-c2cnc(CN(C)C3CCN(C(=O)OC(C)C)CC3)cn2)s1. The minimum atomic E-state index is -0.218. The Kier molecular flexibility index (Phi) is 6.97. The highest BCUT2D eigenvalue weighted by Crippen LogP contribution is 2.26. The summed E-state index contributed by atoms with van der Waals surface area (Å²) in [6.45, 7) is 7.43. The van der Waals surface area contributed by atoms with Crippen molar-refractivity contribution < 1.29 is 14.3 Å². The molecule has 0 atom stereocenters. The van der Waals surface area contributed by atoms with E-state index in [1.54, 1.807) is 24.2 Å². The maximum absolute atomic E-state index is 12.0. The van der Waals surface area contributed by atoms with Crippen LogP contribution in [0.4, 0.5) is 4.79 Å². The van der Waals surface area contributed by atoms with Gasteiger partial charge in [-0.05, 0) is 52.8 Å². The fraction of sp³-hybridized carbons (Fsp3) is 0.524. The molecule has 2 aromatic heterocycles. The molecule has 2 aromatic rings. The molecule has 0 N–H and O–H groups in total. The second-order valence-electron chi connectivity index (χ2n) is 7.68. The predicted molar refractivity (Wildman–Crippen MR) is 113 cm³/mol. The number of piperidine rings is 1. The molecule has 0 aliphatic carbocycles. The zero-order valence-electron chi connectivity index (χ0n) is 17.4. The third kappa shape index (κ3) is 5.61. The Hall–Kier alpha value is -2.32. The van der Waals surface area contributed by atoms with E-state index in [9.17, 15) is 9.59 Å². The number of ether oxygens (including phenoxy) is 1. The van der Waals surface area contributed by atoms with Gasteiger partial charge >= 0.3 is 6.09 Å². The first-order chi connectivity index (χ1) is 13.8.